The SMILES string of the molecule is O=C(Cc1c(Br)cc(C(F)(C(F)(F)F)C(F)(F)F)cc1Br)c1ccc(-n2cncn2)cc1. The number of carbonyl (C=O) groups excluding carboxylic acids is 1. The number of nitrogens with zero attached hydrogens (tertiary/aromatic N) is 3. The van der Waals surface area contributed by atoms with Crippen LogP contribution in [0, 0.1) is 0 Å². The zero-order chi connectivity index (χ0) is 23.9. The van der Waals surface area contributed by atoms with Crippen LogP contribution >= 0.6 is 31.9 Å². The highest BCUT2D eigenvalue weighted by Gasteiger charge is 2.73. The van der Waals surface area contributed by atoms with Crippen LogP contribution in [-0.2, 0) is 12.1 Å². The van der Waals surface area contributed by atoms with Crippen LogP contribution in [0.1, 0.15) is 21.5 Å². The second-order valence-corrected chi connectivity index (χ2v) is 8.27. The van der Waals surface area contributed by atoms with Gasteiger partial charge in [-0.25, -0.2) is 14.1 Å². The fraction of sp³-hybridized carbons (Fsp3) is 0.211. The molecule has 0 atom stereocenters. The molecule has 0 saturated heterocycles. The van der Waals surface area contributed by atoms with Crippen molar-refractivity contribution in [2.45, 2.75) is 24.4 Å². The molecule has 0 fully saturated rings. The Morgan fingerprint density at radius 1 is 0.906 bits per heavy atom. The fourth-order valence-corrected chi connectivity index (χ4v) is 4.33. The lowest BCUT2D eigenvalue weighted by atomic mass is 9.92. The summed E-state index contributed by atoms with van der Waals surface area (Å²) in [6.45, 7) is 0. The quantitative estimate of drug-likeness (QED) is 0.252. The number of halogens is 9. The van der Waals surface area contributed by atoms with Crippen molar-refractivity contribution in [1.82, 2.24) is 14.8 Å². The van der Waals surface area contributed by atoms with Gasteiger partial charge in [-0.15, -0.1) is 0 Å². The molecule has 170 valence electrons. The molecule has 3 rings (SSSR count). The van der Waals surface area contributed by atoms with Crippen molar-refractivity contribution in [3.05, 3.63) is 74.7 Å². The van der Waals surface area contributed by atoms with Crippen LogP contribution < -0.4 is 0 Å². The van der Waals surface area contributed by atoms with Crippen molar-refractivity contribution >= 4 is 37.6 Å². The Morgan fingerprint density at radius 2 is 1.44 bits per heavy atom. The predicted molar refractivity (Wildman–Crippen MR) is 106 cm³/mol. The molecular formula is C19H10Br2F7N3O. The Bertz CT molecular complexity index is 1090. The van der Waals surface area contributed by atoms with Gasteiger partial charge in [-0.1, -0.05) is 31.9 Å². The average molecular weight is 589 g/mol. The third-order valence-corrected chi connectivity index (χ3v) is 5.95. The van der Waals surface area contributed by atoms with Crippen LogP contribution in [0.2, 0.25) is 0 Å². The first kappa shape index (κ1) is 24.4. The van der Waals surface area contributed by atoms with Crippen LogP contribution in [0.3, 0.4) is 0 Å². The molecule has 0 amide bonds. The highest BCUT2D eigenvalue weighted by Crippen LogP contribution is 2.54. The van der Waals surface area contributed by atoms with E-state index in [0.29, 0.717) is 17.8 Å². The van der Waals surface area contributed by atoms with Gasteiger partial charge >= 0.3 is 18.0 Å². The van der Waals surface area contributed by atoms with Gasteiger partial charge in [0.05, 0.1) is 5.69 Å². The summed E-state index contributed by atoms with van der Waals surface area (Å²) in [6, 6.07) is 6.88. The van der Waals surface area contributed by atoms with E-state index in [2.05, 4.69) is 41.9 Å². The third kappa shape index (κ3) is 4.45. The van der Waals surface area contributed by atoms with E-state index in [9.17, 15) is 35.5 Å². The smallest absolute Gasteiger partial charge is 0.294 e. The van der Waals surface area contributed by atoms with Gasteiger partial charge in [-0.3, -0.25) is 4.79 Å². The van der Waals surface area contributed by atoms with Crippen LogP contribution in [0.5, 0.6) is 0 Å². The van der Waals surface area contributed by atoms with Crippen LogP contribution in [0.15, 0.2) is 58.0 Å². The lowest BCUT2D eigenvalue weighted by Crippen LogP contribution is -2.50. The molecule has 0 bridgehead atoms. The Hall–Kier alpha value is -2.28. The van der Waals surface area contributed by atoms with Gasteiger partial charge in [-0.2, -0.15) is 31.4 Å². The minimum atomic E-state index is -6.24. The maximum atomic E-state index is 14.3. The topological polar surface area (TPSA) is 47.8 Å². The summed E-state index contributed by atoms with van der Waals surface area (Å²) in [4.78, 5) is 16.4. The van der Waals surface area contributed by atoms with Gasteiger partial charge in [0.1, 0.15) is 12.7 Å². The van der Waals surface area contributed by atoms with E-state index in [-0.39, 0.29) is 26.5 Å². The molecule has 0 aliphatic heterocycles. The van der Waals surface area contributed by atoms with E-state index in [0.717, 1.165) is 0 Å². The number of Topliss-reactive ketones (excluding diaryl/α,β-unsaturated/α-hetero) is 1. The van der Waals surface area contributed by atoms with Crippen molar-refractivity contribution in [1.29, 1.82) is 0 Å². The summed E-state index contributed by atoms with van der Waals surface area (Å²) >= 11 is 5.72. The van der Waals surface area contributed by atoms with E-state index in [1.54, 1.807) is 12.1 Å². The van der Waals surface area contributed by atoms with Crippen LogP contribution in [0.25, 0.3) is 5.69 Å². The van der Waals surface area contributed by atoms with E-state index in [1.165, 1.54) is 29.5 Å². The summed E-state index contributed by atoms with van der Waals surface area (Å²) in [7, 11) is 0. The lowest BCUT2D eigenvalue weighted by Gasteiger charge is -2.31. The number of carbonyl (C=O) groups is 1. The molecule has 32 heavy (non-hydrogen) atoms. The molecular weight excluding hydrogens is 579 g/mol. The van der Waals surface area contributed by atoms with Crippen LogP contribution in [-0.4, -0.2) is 32.9 Å². The Morgan fingerprint density at radius 3 is 1.88 bits per heavy atom. The predicted octanol–water partition coefficient (Wildman–Crippen LogP) is 6.51. The number of alkyl halides is 7. The summed E-state index contributed by atoms with van der Waals surface area (Å²) in [5, 5.41) is 3.93. The van der Waals surface area contributed by atoms with Crippen LogP contribution in [0.4, 0.5) is 30.7 Å². The molecule has 0 aliphatic rings. The number of ketones is 1. The molecule has 0 unspecified atom stereocenters. The molecule has 0 N–H and O–H groups in total. The monoisotopic (exact) mass is 587 g/mol. The van der Waals surface area contributed by atoms with Gasteiger partial charge in [0.2, 0.25) is 0 Å². The molecule has 0 saturated carbocycles. The maximum Gasteiger partial charge on any atom is 0.435 e. The summed E-state index contributed by atoms with van der Waals surface area (Å²) in [5.74, 6) is -0.470. The maximum absolute atomic E-state index is 14.3. The van der Waals surface area contributed by atoms with E-state index >= 15 is 0 Å². The molecule has 1 heterocycles. The number of aromatic nitrogens is 3. The van der Waals surface area contributed by atoms with E-state index < -0.39 is 29.4 Å². The minimum absolute atomic E-state index is 0.0609. The number of benzene rings is 2. The van der Waals surface area contributed by atoms with E-state index in [4.69, 9.17) is 0 Å². The largest absolute Gasteiger partial charge is 0.435 e. The second-order valence-electron chi connectivity index (χ2n) is 6.56. The number of hydrogen-bond acceptors (Lipinski definition) is 3. The summed E-state index contributed by atoms with van der Waals surface area (Å²) in [6.07, 6.45) is -10.1. The summed E-state index contributed by atoms with van der Waals surface area (Å²) in [5.41, 5.74) is -6.33. The van der Waals surface area contributed by atoms with Crippen molar-refractivity contribution in [2.24, 2.45) is 0 Å². The van der Waals surface area contributed by atoms with Crippen molar-refractivity contribution in [3.63, 3.8) is 0 Å². The first-order valence-corrected chi connectivity index (χ1v) is 10.1. The fourth-order valence-electron chi connectivity index (χ4n) is 2.86. The standard InChI is InChI=1S/C19H10Br2F7N3O/c20-14-5-11(17(22,18(23,24)25)19(26,27)28)6-15(21)13(14)7-16(32)10-1-3-12(4-2-10)31-9-29-8-30-31/h1-6,8-9H,7H2. The summed E-state index contributed by atoms with van der Waals surface area (Å²) < 4.78 is 93.4. The average Bonchev–Trinajstić information content (AvgIpc) is 3.23. The third-order valence-electron chi connectivity index (χ3n) is 4.53. The van der Waals surface area contributed by atoms with Crippen molar-refractivity contribution in [3.8, 4) is 5.69 Å². The first-order chi connectivity index (χ1) is 14.8. The molecule has 0 aliphatic carbocycles. The van der Waals surface area contributed by atoms with Gasteiger partial charge in [0.25, 0.3) is 0 Å². The zero-order valence-corrected chi connectivity index (χ0v) is 18.6. The van der Waals surface area contributed by atoms with Gasteiger partial charge in [-0.05, 0) is 42.0 Å². The zero-order valence-electron chi connectivity index (χ0n) is 15.5. The van der Waals surface area contributed by atoms with Crippen molar-refractivity contribution in [2.75, 3.05) is 0 Å². The normalized spacial score (nSPS) is 12.8. The Balaban J connectivity index is 1.91. The molecule has 0 spiro atoms. The molecule has 4 nitrogen and oxygen atoms in total. The van der Waals surface area contributed by atoms with Gasteiger partial charge in [0.15, 0.2) is 5.78 Å². The number of hydrogen-bond donors (Lipinski definition) is 0. The second kappa shape index (κ2) is 8.58. The molecule has 1 aromatic heterocycles. The highest BCUT2D eigenvalue weighted by molar-refractivity contribution is 9.11. The Labute approximate surface area is 192 Å². The first-order valence-electron chi connectivity index (χ1n) is 8.54. The Kier molecular flexibility index (Phi) is 6.53. The van der Waals surface area contributed by atoms with Gasteiger partial charge in [0, 0.05) is 26.5 Å². The molecule has 2 aromatic carbocycles. The number of rotatable bonds is 5. The van der Waals surface area contributed by atoms with Crippen molar-refractivity contribution < 1.29 is 35.5 Å². The lowest BCUT2D eigenvalue weighted by molar-refractivity contribution is -0.348. The minimum Gasteiger partial charge on any atom is -0.294 e. The van der Waals surface area contributed by atoms with E-state index in [1.807, 2.05) is 0 Å². The molecule has 0 radical (unpaired) electrons. The molecule has 13 heteroatoms. The highest BCUT2D eigenvalue weighted by atomic mass is 79.9. The molecule has 3 aromatic rings. The van der Waals surface area contributed by atoms with Gasteiger partial charge < -0.3 is 0 Å².